The number of aryl methyl sites for hydroxylation is 1. The van der Waals surface area contributed by atoms with E-state index in [2.05, 4.69) is 52.0 Å². The lowest BCUT2D eigenvalue weighted by Gasteiger charge is -2.32. The number of piperidine rings is 1. The van der Waals surface area contributed by atoms with Crippen LogP contribution in [0.2, 0.25) is 0 Å². The predicted octanol–water partition coefficient (Wildman–Crippen LogP) is 2.85. The first-order valence-electron chi connectivity index (χ1n) is 11.9. The highest BCUT2D eigenvalue weighted by Gasteiger charge is 2.22. The summed E-state index contributed by atoms with van der Waals surface area (Å²) in [6.07, 6.45) is 6.68. The lowest BCUT2D eigenvalue weighted by Crippen LogP contribution is -2.50. The van der Waals surface area contributed by atoms with Gasteiger partial charge in [0.25, 0.3) is 0 Å². The number of hydrogen-bond acceptors (Lipinski definition) is 4. The Labute approximate surface area is 210 Å². The average molecular weight is 558 g/mol. The number of halogens is 1. The van der Waals surface area contributed by atoms with E-state index < -0.39 is 0 Å². The summed E-state index contributed by atoms with van der Waals surface area (Å²) in [4.78, 5) is 18.5. The molecule has 1 aromatic carbocycles. The van der Waals surface area contributed by atoms with Gasteiger partial charge >= 0.3 is 0 Å². The first-order chi connectivity index (χ1) is 15.2. The number of likely N-dealkylation sites (tertiary alicyclic amines) is 1. The molecule has 1 atom stereocenters. The number of fused-ring (bicyclic) bond motifs is 1. The average Bonchev–Trinajstić information content (AvgIpc) is 2.80. The molecular weight excluding hydrogens is 517 g/mol. The molecule has 0 bridgehead atoms. The Morgan fingerprint density at radius 3 is 2.75 bits per heavy atom. The molecule has 1 aliphatic carbocycles. The van der Waals surface area contributed by atoms with E-state index in [0.29, 0.717) is 12.6 Å². The minimum atomic E-state index is 0. The number of hydrogen-bond donors (Lipinski definition) is 3. The van der Waals surface area contributed by atoms with E-state index in [1.54, 1.807) is 7.05 Å². The number of guanidine groups is 1. The summed E-state index contributed by atoms with van der Waals surface area (Å²) in [7, 11) is 1.69. The zero-order chi connectivity index (χ0) is 21.9. The van der Waals surface area contributed by atoms with Crippen LogP contribution in [0.1, 0.15) is 56.3 Å². The quantitative estimate of drug-likeness (QED) is 0.189. The van der Waals surface area contributed by atoms with Crippen LogP contribution in [0.3, 0.4) is 0 Å². The fourth-order valence-electron chi connectivity index (χ4n) is 4.39. The molecule has 1 aliphatic heterocycles. The molecular formula is C24H40IN5O2. The van der Waals surface area contributed by atoms with E-state index in [4.69, 9.17) is 9.73 Å². The third-order valence-corrected chi connectivity index (χ3v) is 6.12. The largest absolute Gasteiger partial charge is 0.373 e. The Kier molecular flexibility index (Phi) is 12.3. The van der Waals surface area contributed by atoms with Crippen LogP contribution in [0.25, 0.3) is 0 Å². The highest BCUT2D eigenvalue weighted by Crippen LogP contribution is 2.32. The van der Waals surface area contributed by atoms with Gasteiger partial charge in [0.15, 0.2) is 5.96 Å². The summed E-state index contributed by atoms with van der Waals surface area (Å²) in [5.41, 5.74) is 2.81. The lowest BCUT2D eigenvalue weighted by atomic mass is 9.89. The molecule has 0 spiro atoms. The Morgan fingerprint density at radius 2 is 2.00 bits per heavy atom. The van der Waals surface area contributed by atoms with Crippen molar-refractivity contribution >= 4 is 35.8 Å². The van der Waals surface area contributed by atoms with E-state index >= 15 is 0 Å². The number of rotatable bonds is 9. The van der Waals surface area contributed by atoms with Crippen molar-refractivity contribution in [1.29, 1.82) is 0 Å². The Hall–Kier alpha value is -1.39. The molecule has 1 saturated heterocycles. The van der Waals surface area contributed by atoms with Gasteiger partial charge in [0.05, 0.1) is 12.6 Å². The van der Waals surface area contributed by atoms with Crippen LogP contribution in [-0.4, -0.2) is 69.2 Å². The van der Waals surface area contributed by atoms with Crippen LogP contribution in [-0.2, 0) is 16.0 Å². The normalized spacial score (nSPS) is 19.6. The van der Waals surface area contributed by atoms with Gasteiger partial charge in [0.1, 0.15) is 0 Å². The predicted molar refractivity (Wildman–Crippen MR) is 141 cm³/mol. The summed E-state index contributed by atoms with van der Waals surface area (Å²) in [6, 6.07) is 9.07. The number of amides is 1. The smallest absolute Gasteiger partial charge is 0.233 e. The molecule has 1 amide bonds. The van der Waals surface area contributed by atoms with Gasteiger partial charge in [-0.25, -0.2) is 0 Å². The zero-order valence-electron chi connectivity index (χ0n) is 19.6. The highest BCUT2D eigenvalue weighted by atomic mass is 127. The molecule has 7 nitrogen and oxygen atoms in total. The Bertz CT molecular complexity index is 722. The third kappa shape index (κ3) is 8.51. The summed E-state index contributed by atoms with van der Waals surface area (Å²) in [6.45, 7) is 6.77. The summed E-state index contributed by atoms with van der Waals surface area (Å²) >= 11 is 0. The van der Waals surface area contributed by atoms with Gasteiger partial charge in [0.2, 0.25) is 5.91 Å². The van der Waals surface area contributed by atoms with Crippen molar-refractivity contribution in [3.05, 3.63) is 35.4 Å². The maximum absolute atomic E-state index is 11.6. The second-order valence-corrected chi connectivity index (χ2v) is 8.43. The highest BCUT2D eigenvalue weighted by molar-refractivity contribution is 14.0. The molecule has 1 heterocycles. The monoisotopic (exact) mass is 557 g/mol. The topological polar surface area (TPSA) is 78.0 Å². The SMILES string of the molecule is CCNC(=NCCCOC1CCCc2ccccc21)NC1CCN(CC(=O)NC)CC1.I. The third-order valence-electron chi connectivity index (χ3n) is 6.12. The van der Waals surface area contributed by atoms with Crippen LogP contribution < -0.4 is 16.0 Å². The fourth-order valence-corrected chi connectivity index (χ4v) is 4.39. The molecule has 3 N–H and O–H groups in total. The van der Waals surface area contributed by atoms with Gasteiger partial charge in [-0.2, -0.15) is 0 Å². The number of nitrogens with zero attached hydrogens (tertiary/aromatic N) is 2. The van der Waals surface area contributed by atoms with Crippen molar-refractivity contribution in [2.45, 2.75) is 57.6 Å². The molecule has 0 aromatic heterocycles. The van der Waals surface area contributed by atoms with Crippen molar-refractivity contribution in [3.63, 3.8) is 0 Å². The first-order valence-corrected chi connectivity index (χ1v) is 11.9. The van der Waals surface area contributed by atoms with Gasteiger partial charge in [-0.15, -0.1) is 24.0 Å². The van der Waals surface area contributed by atoms with Gasteiger partial charge in [-0.3, -0.25) is 14.7 Å². The van der Waals surface area contributed by atoms with E-state index in [1.807, 2.05) is 0 Å². The molecule has 32 heavy (non-hydrogen) atoms. The van der Waals surface area contributed by atoms with Crippen molar-refractivity contribution in [2.24, 2.45) is 4.99 Å². The fraction of sp³-hybridized carbons (Fsp3) is 0.667. The number of likely N-dealkylation sites (N-methyl/N-ethyl adjacent to an activating group) is 1. The number of carbonyl (C=O) groups is 1. The molecule has 1 unspecified atom stereocenters. The molecule has 0 saturated carbocycles. The number of nitrogens with one attached hydrogen (secondary N) is 3. The van der Waals surface area contributed by atoms with Crippen LogP contribution in [0.4, 0.5) is 0 Å². The molecule has 0 radical (unpaired) electrons. The van der Waals surface area contributed by atoms with Gasteiger partial charge in [-0.1, -0.05) is 24.3 Å². The number of carbonyl (C=O) groups excluding carboxylic acids is 1. The van der Waals surface area contributed by atoms with Crippen LogP contribution in [0, 0.1) is 0 Å². The molecule has 8 heteroatoms. The van der Waals surface area contributed by atoms with Crippen LogP contribution in [0.15, 0.2) is 29.3 Å². The number of aliphatic imine (C=N–C) groups is 1. The summed E-state index contributed by atoms with van der Waals surface area (Å²) < 4.78 is 6.21. The first kappa shape index (κ1) is 26.9. The van der Waals surface area contributed by atoms with Crippen molar-refractivity contribution < 1.29 is 9.53 Å². The van der Waals surface area contributed by atoms with Gasteiger partial charge < -0.3 is 20.7 Å². The molecule has 2 aliphatic rings. The summed E-state index contributed by atoms with van der Waals surface area (Å²) in [5.74, 6) is 0.968. The zero-order valence-corrected chi connectivity index (χ0v) is 21.9. The second kappa shape index (κ2) is 14.7. The number of benzene rings is 1. The van der Waals surface area contributed by atoms with Crippen LogP contribution in [0.5, 0.6) is 0 Å². The minimum absolute atomic E-state index is 0. The lowest BCUT2D eigenvalue weighted by molar-refractivity contribution is -0.122. The Balaban J connectivity index is 0.00000363. The van der Waals surface area contributed by atoms with Crippen LogP contribution >= 0.6 is 24.0 Å². The van der Waals surface area contributed by atoms with Gasteiger partial charge in [0, 0.05) is 45.9 Å². The maximum atomic E-state index is 11.6. The van der Waals surface area contributed by atoms with Gasteiger partial charge in [-0.05, 0) is 56.6 Å². The summed E-state index contributed by atoms with van der Waals surface area (Å²) in [5, 5.41) is 9.62. The van der Waals surface area contributed by atoms with Crippen molar-refractivity contribution in [3.8, 4) is 0 Å². The molecule has 180 valence electrons. The van der Waals surface area contributed by atoms with Crippen molar-refractivity contribution in [1.82, 2.24) is 20.9 Å². The Morgan fingerprint density at radius 1 is 1.22 bits per heavy atom. The second-order valence-electron chi connectivity index (χ2n) is 8.43. The maximum Gasteiger partial charge on any atom is 0.233 e. The molecule has 1 aromatic rings. The van der Waals surface area contributed by atoms with E-state index in [-0.39, 0.29) is 36.0 Å². The number of ether oxygens (including phenoxy) is 1. The molecule has 3 rings (SSSR count). The van der Waals surface area contributed by atoms with E-state index in [9.17, 15) is 4.79 Å². The minimum Gasteiger partial charge on any atom is -0.373 e. The van der Waals surface area contributed by atoms with E-state index in [1.165, 1.54) is 24.0 Å². The standard InChI is InChI=1S/C24H39N5O2.HI/c1-3-26-24(28-20-12-15-29(16-13-20)18-23(30)25-2)27-14-7-17-31-22-11-6-9-19-8-4-5-10-21(19)22;/h4-5,8,10,20,22H,3,6-7,9,11-18H2,1-2H3,(H,25,30)(H2,26,27,28);1H. The van der Waals surface area contributed by atoms with E-state index in [0.717, 1.165) is 64.4 Å². The van der Waals surface area contributed by atoms with Crippen molar-refractivity contribution in [2.75, 3.05) is 46.4 Å². The molecule has 1 fully saturated rings.